The van der Waals surface area contributed by atoms with Crippen molar-refractivity contribution in [3.8, 4) is 17.0 Å². The summed E-state index contributed by atoms with van der Waals surface area (Å²) in [5.74, 6) is 0.901. The molecule has 1 fully saturated rings. The van der Waals surface area contributed by atoms with E-state index in [2.05, 4.69) is 31.9 Å². The van der Waals surface area contributed by atoms with Crippen molar-refractivity contribution < 1.29 is 22.6 Å². The summed E-state index contributed by atoms with van der Waals surface area (Å²) in [5, 5.41) is 9.12. The average Bonchev–Trinajstić information content (AvgIpc) is 2.95. The Morgan fingerprint density at radius 3 is 2.56 bits per heavy atom. The van der Waals surface area contributed by atoms with E-state index in [4.69, 9.17) is 9.47 Å². The zero-order valence-corrected chi connectivity index (χ0v) is 20.2. The highest BCUT2D eigenvalue weighted by Gasteiger charge is 2.33. The van der Waals surface area contributed by atoms with E-state index in [9.17, 15) is 13.2 Å². The standard InChI is InChI=1S/C24H32F3N5O2/c1-16-11-17(24(25,26)27)12-21(34-15-33-4)22(16)19-13-20-23(29-28-19)32(10-6-9-31(20)3)18-7-5-8-30(2)14-18/h11-13,18H,5-10,14-15H2,1-4H3/t18-/m1/s1. The Balaban J connectivity index is 1.78. The highest BCUT2D eigenvalue weighted by molar-refractivity contribution is 5.78. The molecule has 2 aliphatic heterocycles. The molecule has 10 heteroatoms. The molecule has 1 aromatic carbocycles. The molecule has 0 aliphatic carbocycles. The molecule has 1 atom stereocenters. The maximum Gasteiger partial charge on any atom is 0.416 e. The molecule has 1 saturated heterocycles. The molecular weight excluding hydrogens is 447 g/mol. The Kier molecular flexibility index (Phi) is 7.18. The second-order valence-electron chi connectivity index (χ2n) is 9.18. The van der Waals surface area contributed by atoms with E-state index in [0.717, 1.165) is 69.1 Å². The number of ether oxygens (including phenoxy) is 2. The third-order valence-electron chi connectivity index (χ3n) is 6.59. The molecule has 186 valence electrons. The summed E-state index contributed by atoms with van der Waals surface area (Å²) >= 11 is 0. The zero-order chi connectivity index (χ0) is 24.5. The van der Waals surface area contributed by atoms with Crippen molar-refractivity contribution in [3.63, 3.8) is 0 Å². The number of aryl methyl sites for hydroxylation is 1. The van der Waals surface area contributed by atoms with Gasteiger partial charge in [0.05, 0.1) is 16.9 Å². The molecule has 2 aromatic rings. The molecule has 34 heavy (non-hydrogen) atoms. The first kappa shape index (κ1) is 24.5. The minimum atomic E-state index is -4.48. The molecule has 0 amide bonds. The van der Waals surface area contributed by atoms with Gasteiger partial charge < -0.3 is 24.2 Å². The van der Waals surface area contributed by atoms with Crippen molar-refractivity contribution in [3.05, 3.63) is 29.3 Å². The Morgan fingerprint density at radius 1 is 1.06 bits per heavy atom. The van der Waals surface area contributed by atoms with Crippen LogP contribution >= 0.6 is 0 Å². The lowest BCUT2D eigenvalue weighted by atomic mass is 10.00. The molecule has 0 bridgehead atoms. The van der Waals surface area contributed by atoms with Crippen LogP contribution in [0.5, 0.6) is 5.75 Å². The van der Waals surface area contributed by atoms with Crippen LogP contribution in [0.2, 0.25) is 0 Å². The number of likely N-dealkylation sites (tertiary alicyclic amines) is 1. The first-order chi connectivity index (χ1) is 16.2. The number of hydrogen-bond acceptors (Lipinski definition) is 7. The number of likely N-dealkylation sites (N-methyl/N-ethyl adjacent to an activating group) is 1. The highest BCUT2D eigenvalue weighted by atomic mass is 19.4. The number of halogens is 3. The summed E-state index contributed by atoms with van der Waals surface area (Å²) in [6.07, 6.45) is -1.26. The quantitative estimate of drug-likeness (QED) is 0.596. The van der Waals surface area contributed by atoms with Crippen LogP contribution in [0.1, 0.15) is 30.4 Å². The fraction of sp³-hybridized carbons (Fsp3) is 0.583. The van der Waals surface area contributed by atoms with E-state index in [-0.39, 0.29) is 12.5 Å². The van der Waals surface area contributed by atoms with Crippen LogP contribution in [-0.2, 0) is 10.9 Å². The predicted molar refractivity (Wildman–Crippen MR) is 125 cm³/mol. The van der Waals surface area contributed by atoms with Gasteiger partial charge in [-0.1, -0.05) is 0 Å². The number of piperidine rings is 1. The number of alkyl halides is 3. The Hall–Kier alpha value is -2.59. The van der Waals surface area contributed by atoms with E-state index >= 15 is 0 Å². The summed E-state index contributed by atoms with van der Waals surface area (Å²) in [6.45, 7) is 5.28. The van der Waals surface area contributed by atoms with Gasteiger partial charge >= 0.3 is 6.18 Å². The first-order valence-corrected chi connectivity index (χ1v) is 11.6. The van der Waals surface area contributed by atoms with Gasteiger partial charge in [0.25, 0.3) is 0 Å². The van der Waals surface area contributed by atoms with E-state index in [1.54, 1.807) is 6.92 Å². The van der Waals surface area contributed by atoms with Crippen molar-refractivity contribution >= 4 is 11.5 Å². The minimum absolute atomic E-state index is 0.0745. The van der Waals surface area contributed by atoms with Gasteiger partial charge in [-0.2, -0.15) is 13.2 Å². The van der Waals surface area contributed by atoms with E-state index < -0.39 is 11.7 Å². The molecule has 0 unspecified atom stereocenters. The fourth-order valence-electron chi connectivity index (χ4n) is 4.92. The van der Waals surface area contributed by atoms with Gasteiger partial charge in [-0.25, -0.2) is 0 Å². The summed E-state index contributed by atoms with van der Waals surface area (Å²) in [5.41, 5.74) is 1.53. The molecular formula is C24H32F3N5O2. The maximum absolute atomic E-state index is 13.4. The van der Waals surface area contributed by atoms with Crippen LogP contribution in [0, 0.1) is 6.92 Å². The second kappa shape index (κ2) is 9.95. The third-order valence-corrected chi connectivity index (χ3v) is 6.59. The molecule has 1 aromatic heterocycles. The van der Waals surface area contributed by atoms with E-state index in [0.29, 0.717) is 22.9 Å². The monoisotopic (exact) mass is 479 g/mol. The molecule has 4 rings (SSSR count). The van der Waals surface area contributed by atoms with Crippen molar-refractivity contribution in [2.45, 2.75) is 38.4 Å². The lowest BCUT2D eigenvalue weighted by molar-refractivity contribution is -0.137. The molecule has 2 aliphatic rings. The second-order valence-corrected chi connectivity index (χ2v) is 9.18. The zero-order valence-electron chi connectivity index (χ0n) is 20.2. The van der Waals surface area contributed by atoms with Gasteiger partial charge in [-0.3, -0.25) is 0 Å². The van der Waals surface area contributed by atoms with Crippen molar-refractivity contribution in [1.82, 2.24) is 15.1 Å². The topological polar surface area (TPSA) is 54.0 Å². The molecule has 0 N–H and O–H groups in total. The highest BCUT2D eigenvalue weighted by Crippen LogP contribution is 2.41. The number of methoxy groups -OCH3 is 1. The van der Waals surface area contributed by atoms with Gasteiger partial charge in [0, 0.05) is 45.4 Å². The van der Waals surface area contributed by atoms with E-state index in [1.165, 1.54) is 7.11 Å². The summed E-state index contributed by atoms with van der Waals surface area (Å²) < 4.78 is 50.8. The Bertz CT molecular complexity index is 1020. The third kappa shape index (κ3) is 5.07. The smallest absolute Gasteiger partial charge is 0.416 e. The fourth-order valence-corrected chi connectivity index (χ4v) is 4.92. The van der Waals surface area contributed by atoms with E-state index in [1.807, 2.05) is 13.1 Å². The number of rotatable bonds is 5. The van der Waals surface area contributed by atoms with Crippen LogP contribution < -0.4 is 14.5 Å². The number of benzene rings is 1. The minimum Gasteiger partial charge on any atom is -0.467 e. The maximum atomic E-state index is 13.4. The number of fused-ring (bicyclic) bond motifs is 1. The van der Waals surface area contributed by atoms with Gasteiger partial charge in [-0.15, -0.1) is 10.2 Å². The van der Waals surface area contributed by atoms with Gasteiger partial charge in [0.2, 0.25) is 0 Å². The number of anilines is 2. The van der Waals surface area contributed by atoms with Gasteiger partial charge in [-0.05, 0) is 63.5 Å². The summed E-state index contributed by atoms with van der Waals surface area (Å²) in [7, 11) is 5.58. The average molecular weight is 480 g/mol. The largest absolute Gasteiger partial charge is 0.467 e. The van der Waals surface area contributed by atoms with Crippen LogP contribution in [0.25, 0.3) is 11.3 Å². The Labute approximate surface area is 198 Å². The van der Waals surface area contributed by atoms with Crippen LogP contribution in [-0.4, -0.2) is 75.3 Å². The van der Waals surface area contributed by atoms with Crippen molar-refractivity contribution in [2.75, 3.05) is 64.0 Å². The lowest BCUT2D eigenvalue weighted by Crippen LogP contribution is -2.47. The predicted octanol–water partition coefficient (Wildman–Crippen LogP) is 4.19. The Morgan fingerprint density at radius 2 is 1.85 bits per heavy atom. The molecule has 7 nitrogen and oxygen atoms in total. The molecule has 0 saturated carbocycles. The summed E-state index contributed by atoms with van der Waals surface area (Å²) in [4.78, 5) is 6.84. The summed E-state index contributed by atoms with van der Waals surface area (Å²) in [6, 6.07) is 4.40. The van der Waals surface area contributed by atoms with Crippen LogP contribution in [0.3, 0.4) is 0 Å². The van der Waals surface area contributed by atoms with Crippen LogP contribution in [0.15, 0.2) is 18.2 Å². The number of hydrogen-bond donors (Lipinski definition) is 0. The molecule has 3 heterocycles. The molecule has 0 radical (unpaired) electrons. The SMILES string of the molecule is COCOc1cc(C(F)(F)F)cc(C)c1-c1cc2c(nn1)N([C@@H]1CCCN(C)C1)CCCN2C. The van der Waals surface area contributed by atoms with Crippen molar-refractivity contribution in [2.24, 2.45) is 0 Å². The van der Waals surface area contributed by atoms with Gasteiger partial charge in [0.15, 0.2) is 12.6 Å². The first-order valence-electron chi connectivity index (χ1n) is 11.6. The van der Waals surface area contributed by atoms with Crippen LogP contribution in [0.4, 0.5) is 24.7 Å². The van der Waals surface area contributed by atoms with Gasteiger partial charge in [0.1, 0.15) is 5.75 Å². The number of nitrogens with zero attached hydrogens (tertiary/aromatic N) is 5. The lowest BCUT2D eigenvalue weighted by Gasteiger charge is -2.38. The van der Waals surface area contributed by atoms with Crippen molar-refractivity contribution in [1.29, 1.82) is 0 Å². The number of aromatic nitrogens is 2. The normalized spacial score (nSPS) is 19.7. The molecule has 0 spiro atoms.